The van der Waals surface area contributed by atoms with Gasteiger partial charge in [-0.1, -0.05) is 18.2 Å². The molecule has 3 atom stereocenters. The number of H-pyrrole nitrogens is 1. The van der Waals surface area contributed by atoms with Gasteiger partial charge in [0.15, 0.2) is 0 Å². The summed E-state index contributed by atoms with van der Waals surface area (Å²) in [6, 6.07) is 8.47. The Labute approximate surface area is 142 Å². The van der Waals surface area contributed by atoms with E-state index in [4.69, 9.17) is 9.47 Å². The van der Waals surface area contributed by atoms with Gasteiger partial charge in [0.2, 0.25) is 0 Å². The van der Waals surface area contributed by atoms with Crippen LogP contribution in [0.5, 0.6) is 0 Å². The maximum absolute atomic E-state index is 12.2. The summed E-state index contributed by atoms with van der Waals surface area (Å²) in [5.41, 5.74) is -0.342. The predicted molar refractivity (Wildman–Crippen MR) is 87.3 cm³/mol. The van der Waals surface area contributed by atoms with Crippen LogP contribution in [0.25, 0.3) is 0 Å². The SMILES string of the molecule is Cc1cn([C@@H]2C[C@@H](OC(=O)c3ccccc3)[C@@H](CO)O2)c(=O)[nH]c1=O. The molecule has 1 aliphatic rings. The number of aromatic nitrogens is 2. The molecule has 132 valence electrons. The Hall–Kier alpha value is -2.71. The molecule has 1 aromatic carbocycles. The number of carbonyl (C=O) groups excluding carboxylic acids is 1. The van der Waals surface area contributed by atoms with E-state index in [1.165, 1.54) is 10.8 Å². The van der Waals surface area contributed by atoms with Gasteiger partial charge in [-0.2, -0.15) is 0 Å². The lowest BCUT2D eigenvalue weighted by molar-refractivity contribution is -0.0522. The summed E-state index contributed by atoms with van der Waals surface area (Å²) >= 11 is 0. The van der Waals surface area contributed by atoms with Crippen molar-refractivity contribution in [1.82, 2.24) is 9.55 Å². The first-order chi connectivity index (χ1) is 12.0. The van der Waals surface area contributed by atoms with Crippen molar-refractivity contribution in [3.63, 3.8) is 0 Å². The number of carbonyl (C=O) groups is 1. The van der Waals surface area contributed by atoms with Crippen molar-refractivity contribution in [2.24, 2.45) is 0 Å². The molecule has 25 heavy (non-hydrogen) atoms. The normalized spacial score (nSPS) is 22.7. The largest absolute Gasteiger partial charge is 0.456 e. The number of esters is 1. The van der Waals surface area contributed by atoms with Crippen LogP contribution in [0.4, 0.5) is 0 Å². The van der Waals surface area contributed by atoms with E-state index in [1.807, 2.05) is 0 Å². The Morgan fingerprint density at radius 2 is 2.08 bits per heavy atom. The number of aliphatic hydroxyl groups is 1. The summed E-state index contributed by atoms with van der Waals surface area (Å²) in [5.74, 6) is -0.529. The van der Waals surface area contributed by atoms with E-state index < -0.39 is 35.7 Å². The van der Waals surface area contributed by atoms with E-state index >= 15 is 0 Å². The summed E-state index contributed by atoms with van der Waals surface area (Å²) in [7, 11) is 0. The third kappa shape index (κ3) is 3.54. The van der Waals surface area contributed by atoms with Crippen LogP contribution in [-0.4, -0.2) is 39.4 Å². The summed E-state index contributed by atoms with van der Waals surface area (Å²) in [6.07, 6.45) is -0.621. The monoisotopic (exact) mass is 346 g/mol. The molecule has 3 rings (SSSR count). The maximum Gasteiger partial charge on any atom is 0.338 e. The second kappa shape index (κ2) is 7.04. The minimum absolute atomic E-state index is 0.190. The molecule has 1 fully saturated rings. The second-order valence-corrected chi connectivity index (χ2v) is 5.84. The first kappa shape index (κ1) is 17.1. The van der Waals surface area contributed by atoms with Gasteiger partial charge in [0.05, 0.1) is 12.2 Å². The molecule has 1 aromatic heterocycles. The molecule has 0 unspecified atom stereocenters. The molecular formula is C17H18N2O6. The summed E-state index contributed by atoms with van der Waals surface area (Å²) in [4.78, 5) is 37.9. The van der Waals surface area contributed by atoms with Crippen LogP contribution in [0.1, 0.15) is 28.6 Å². The lowest BCUT2D eigenvalue weighted by Crippen LogP contribution is -2.33. The molecule has 2 heterocycles. The Morgan fingerprint density at radius 3 is 2.76 bits per heavy atom. The van der Waals surface area contributed by atoms with Crippen LogP contribution < -0.4 is 11.2 Å². The van der Waals surface area contributed by atoms with Gasteiger partial charge in [-0.3, -0.25) is 14.3 Å². The average Bonchev–Trinajstić information content (AvgIpc) is 3.01. The molecule has 0 radical (unpaired) electrons. The van der Waals surface area contributed by atoms with E-state index in [2.05, 4.69) is 4.98 Å². The van der Waals surface area contributed by atoms with Gasteiger partial charge in [0.1, 0.15) is 18.4 Å². The molecule has 0 aliphatic carbocycles. The molecule has 1 saturated heterocycles. The molecule has 0 saturated carbocycles. The van der Waals surface area contributed by atoms with Crippen LogP contribution in [0.3, 0.4) is 0 Å². The number of aryl methyl sites for hydroxylation is 1. The minimum atomic E-state index is -0.753. The third-order valence-electron chi connectivity index (χ3n) is 4.08. The highest BCUT2D eigenvalue weighted by molar-refractivity contribution is 5.89. The van der Waals surface area contributed by atoms with Gasteiger partial charge in [-0.25, -0.2) is 9.59 Å². The number of hydrogen-bond acceptors (Lipinski definition) is 6. The first-order valence-corrected chi connectivity index (χ1v) is 7.84. The number of aromatic amines is 1. The van der Waals surface area contributed by atoms with Gasteiger partial charge < -0.3 is 14.6 Å². The van der Waals surface area contributed by atoms with Gasteiger partial charge >= 0.3 is 11.7 Å². The number of nitrogens with one attached hydrogen (secondary N) is 1. The van der Waals surface area contributed by atoms with E-state index in [0.29, 0.717) is 11.1 Å². The number of nitrogens with zero attached hydrogens (tertiary/aromatic N) is 1. The second-order valence-electron chi connectivity index (χ2n) is 5.84. The van der Waals surface area contributed by atoms with E-state index in [9.17, 15) is 19.5 Å². The number of ether oxygens (including phenoxy) is 2. The Bertz CT molecular complexity index is 873. The fraction of sp³-hybridized carbons (Fsp3) is 0.353. The number of hydrogen-bond donors (Lipinski definition) is 2. The average molecular weight is 346 g/mol. The van der Waals surface area contributed by atoms with Crippen molar-refractivity contribution in [1.29, 1.82) is 0 Å². The number of benzene rings is 1. The first-order valence-electron chi connectivity index (χ1n) is 7.84. The minimum Gasteiger partial charge on any atom is -0.456 e. The fourth-order valence-corrected chi connectivity index (χ4v) is 2.74. The van der Waals surface area contributed by atoms with E-state index in [-0.39, 0.29) is 13.0 Å². The third-order valence-corrected chi connectivity index (χ3v) is 4.08. The highest BCUT2D eigenvalue weighted by Gasteiger charge is 2.39. The van der Waals surface area contributed by atoms with E-state index in [0.717, 1.165) is 0 Å². The van der Waals surface area contributed by atoms with Crippen LogP contribution >= 0.6 is 0 Å². The quantitative estimate of drug-likeness (QED) is 0.773. The van der Waals surface area contributed by atoms with Gasteiger partial charge in [-0.05, 0) is 19.1 Å². The van der Waals surface area contributed by atoms with Crippen molar-refractivity contribution < 1.29 is 19.4 Å². The van der Waals surface area contributed by atoms with Gasteiger partial charge in [0, 0.05) is 18.2 Å². The zero-order valence-corrected chi connectivity index (χ0v) is 13.5. The zero-order chi connectivity index (χ0) is 18.0. The predicted octanol–water partition coefficient (Wildman–Crippen LogP) is 0.350. The Balaban J connectivity index is 1.79. The molecule has 0 spiro atoms. The molecule has 0 bridgehead atoms. The number of aliphatic hydroxyl groups excluding tert-OH is 1. The van der Waals surface area contributed by atoms with Gasteiger partial charge in [-0.15, -0.1) is 0 Å². The Kier molecular flexibility index (Phi) is 4.82. The van der Waals surface area contributed by atoms with Crippen molar-refractivity contribution >= 4 is 5.97 Å². The van der Waals surface area contributed by atoms with Crippen molar-refractivity contribution in [3.8, 4) is 0 Å². The standard InChI is InChI=1S/C17H18N2O6/c1-10-8-19(17(23)18-15(10)21)14-7-12(13(9-20)24-14)25-16(22)11-5-3-2-4-6-11/h2-6,8,12-14,20H,7,9H2,1H3,(H,18,21,23)/t12-,13-,14+/m1/s1. The highest BCUT2D eigenvalue weighted by Crippen LogP contribution is 2.30. The van der Waals surface area contributed by atoms with Crippen LogP contribution in [0, 0.1) is 6.92 Å². The molecule has 0 amide bonds. The van der Waals surface area contributed by atoms with E-state index in [1.54, 1.807) is 37.3 Å². The van der Waals surface area contributed by atoms with Gasteiger partial charge in [0.25, 0.3) is 5.56 Å². The molecule has 2 aromatic rings. The lowest BCUT2D eigenvalue weighted by Gasteiger charge is -2.16. The number of rotatable bonds is 4. The molecule has 2 N–H and O–H groups in total. The summed E-state index contributed by atoms with van der Waals surface area (Å²) in [6.45, 7) is 1.21. The van der Waals surface area contributed by atoms with Crippen LogP contribution in [-0.2, 0) is 9.47 Å². The summed E-state index contributed by atoms with van der Waals surface area (Å²) < 4.78 is 12.3. The maximum atomic E-state index is 12.2. The van der Waals surface area contributed by atoms with Crippen molar-refractivity contribution in [2.75, 3.05) is 6.61 Å². The highest BCUT2D eigenvalue weighted by atomic mass is 16.6. The molecule has 8 nitrogen and oxygen atoms in total. The molecule has 8 heteroatoms. The topological polar surface area (TPSA) is 111 Å². The Morgan fingerprint density at radius 1 is 1.36 bits per heavy atom. The smallest absolute Gasteiger partial charge is 0.338 e. The summed E-state index contributed by atoms with van der Waals surface area (Å²) in [5, 5.41) is 9.49. The fourth-order valence-electron chi connectivity index (χ4n) is 2.74. The lowest BCUT2D eigenvalue weighted by atomic mass is 10.1. The van der Waals surface area contributed by atoms with Crippen LogP contribution in [0.15, 0.2) is 46.1 Å². The van der Waals surface area contributed by atoms with Crippen LogP contribution in [0.2, 0.25) is 0 Å². The van der Waals surface area contributed by atoms with Crippen molar-refractivity contribution in [3.05, 3.63) is 68.5 Å². The van der Waals surface area contributed by atoms with Crippen molar-refractivity contribution in [2.45, 2.75) is 31.8 Å². The zero-order valence-electron chi connectivity index (χ0n) is 13.5. The molecule has 1 aliphatic heterocycles. The molecular weight excluding hydrogens is 328 g/mol.